The van der Waals surface area contributed by atoms with Gasteiger partial charge in [-0.1, -0.05) is 30.3 Å². The summed E-state index contributed by atoms with van der Waals surface area (Å²) < 4.78 is 5.31. The molecule has 1 amide bonds. The third-order valence-electron chi connectivity index (χ3n) is 3.22. The first kappa shape index (κ1) is 13.1. The molecule has 98 valence electrons. The van der Waals surface area contributed by atoms with Crippen LogP contribution >= 0.6 is 0 Å². The summed E-state index contributed by atoms with van der Waals surface area (Å²) >= 11 is 0. The zero-order valence-corrected chi connectivity index (χ0v) is 10.9. The Bertz CT molecular complexity index is 394. The minimum absolute atomic E-state index is 0.0585. The highest BCUT2D eigenvalue weighted by molar-refractivity contribution is 5.85. The lowest BCUT2D eigenvalue weighted by Gasteiger charge is -2.20. The van der Waals surface area contributed by atoms with Crippen LogP contribution in [0.25, 0.3) is 0 Å². The van der Waals surface area contributed by atoms with E-state index < -0.39 is 0 Å². The van der Waals surface area contributed by atoms with Crippen LogP contribution in [-0.4, -0.2) is 36.7 Å². The normalized spacial score (nSPS) is 23.7. The molecule has 0 radical (unpaired) electrons. The molecule has 1 heterocycles. The first-order chi connectivity index (χ1) is 8.74. The van der Waals surface area contributed by atoms with Gasteiger partial charge in [0.15, 0.2) is 0 Å². The molecule has 4 heteroatoms. The van der Waals surface area contributed by atoms with Gasteiger partial charge in [-0.05, 0) is 19.4 Å². The van der Waals surface area contributed by atoms with Crippen LogP contribution in [0.1, 0.15) is 25.5 Å². The monoisotopic (exact) mass is 248 g/mol. The summed E-state index contributed by atoms with van der Waals surface area (Å²) in [6.07, 6.45) is 0.0585. The molecule has 18 heavy (non-hydrogen) atoms. The zero-order valence-electron chi connectivity index (χ0n) is 10.9. The highest BCUT2D eigenvalue weighted by atomic mass is 16.5. The number of carbonyl (C=O) groups excluding carboxylic acids is 1. The van der Waals surface area contributed by atoms with Gasteiger partial charge in [-0.15, -0.1) is 0 Å². The maximum atomic E-state index is 12.3. The number of rotatable bonds is 5. The number of nitrogens with one attached hydrogen (secondary N) is 1. The van der Waals surface area contributed by atoms with Crippen molar-refractivity contribution in [2.24, 2.45) is 0 Å². The SMILES string of the molecule is CCOCCN1C(=O)C(c2ccccc2)NC1C. The number of carbonyl (C=O) groups is 1. The second kappa shape index (κ2) is 5.98. The fourth-order valence-corrected chi connectivity index (χ4v) is 2.25. The van der Waals surface area contributed by atoms with E-state index >= 15 is 0 Å². The summed E-state index contributed by atoms with van der Waals surface area (Å²) in [5, 5.41) is 3.32. The number of amides is 1. The van der Waals surface area contributed by atoms with Crippen molar-refractivity contribution in [2.45, 2.75) is 26.1 Å². The quantitative estimate of drug-likeness (QED) is 0.804. The Labute approximate surface area is 108 Å². The first-order valence-electron chi connectivity index (χ1n) is 6.43. The predicted molar refractivity (Wildman–Crippen MR) is 70.0 cm³/mol. The number of benzene rings is 1. The molecule has 0 aliphatic carbocycles. The fourth-order valence-electron chi connectivity index (χ4n) is 2.25. The second-order valence-corrected chi connectivity index (χ2v) is 4.41. The van der Waals surface area contributed by atoms with Crippen LogP contribution in [0.3, 0.4) is 0 Å². The van der Waals surface area contributed by atoms with E-state index in [1.54, 1.807) is 0 Å². The molecule has 4 nitrogen and oxygen atoms in total. The van der Waals surface area contributed by atoms with Crippen molar-refractivity contribution >= 4 is 5.91 Å². The van der Waals surface area contributed by atoms with Gasteiger partial charge < -0.3 is 9.64 Å². The smallest absolute Gasteiger partial charge is 0.245 e. The Hall–Kier alpha value is -1.39. The number of nitrogens with zero attached hydrogens (tertiary/aromatic N) is 1. The molecule has 0 bridgehead atoms. The van der Waals surface area contributed by atoms with Gasteiger partial charge in [-0.3, -0.25) is 10.1 Å². The number of ether oxygens (including phenoxy) is 1. The third kappa shape index (κ3) is 2.71. The molecular weight excluding hydrogens is 228 g/mol. The molecule has 1 aliphatic heterocycles. The average Bonchev–Trinajstić information content (AvgIpc) is 2.68. The summed E-state index contributed by atoms with van der Waals surface area (Å²) in [4.78, 5) is 14.2. The van der Waals surface area contributed by atoms with E-state index in [-0.39, 0.29) is 18.1 Å². The Morgan fingerprint density at radius 3 is 2.72 bits per heavy atom. The standard InChI is InChI=1S/C14H20N2O2/c1-3-18-10-9-16-11(2)15-13(14(16)17)12-7-5-4-6-8-12/h4-8,11,13,15H,3,9-10H2,1-2H3. The van der Waals surface area contributed by atoms with Crippen molar-refractivity contribution in [3.63, 3.8) is 0 Å². The largest absolute Gasteiger partial charge is 0.380 e. The molecule has 2 unspecified atom stereocenters. The lowest BCUT2D eigenvalue weighted by atomic mass is 10.1. The highest BCUT2D eigenvalue weighted by Crippen LogP contribution is 2.23. The Morgan fingerprint density at radius 2 is 2.06 bits per heavy atom. The van der Waals surface area contributed by atoms with Crippen LogP contribution < -0.4 is 5.32 Å². The van der Waals surface area contributed by atoms with E-state index in [2.05, 4.69) is 5.32 Å². The summed E-state index contributed by atoms with van der Waals surface area (Å²) in [7, 11) is 0. The minimum atomic E-state index is -0.220. The first-order valence-corrected chi connectivity index (χ1v) is 6.43. The maximum absolute atomic E-state index is 12.3. The van der Waals surface area contributed by atoms with E-state index in [4.69, 9.17) is 4.74 Å². The topological polar surface area (TPSA) is 41.6 Å². The van der Waals surface area contributed by atoms with Gasteiger partial charge in [0.05, 0.1) is 12.8 Å². The molecule has 1 aromatic carbocycles. The predicted octanol–water partition coefficient (Wildman–Crippen LogP) is 1.54. The molecule has 1 fully saturated rings. The Kier molecular flexibility index (Phi) is 4.33. The molecule has 1 N–H and O–H groups in total. The van der Waals surface area contributed by atoms with Crippen LogP contribution in [-0.2, 0) is 9.53 Å². The Morgan fingerprint density at radius 1 is 1.33 bits per heavy atom. The van der Waals surface area contributed by atoms with Crippen LogP contribution in [0.4, 0.5) is 0 Å². The van der Waals surface area contributed by atoms with Crippen molar-refractivity contribution in [3.8, 4) is 0 Å². The van der Waals surface area contributed by atoms with Gasteiger partial charge in [-0.2, -0.15) is 0 Å². The third-order valence-corrected chi connectivity index (χ3v) is 3.22. The van der Waals surface area contributed by atoms with E-state index in [0.29, 0.717) is 19.8 Å². The minimum Gasteiger partial charge on any atom is -0.380 e. The lowest BCUT2D eigenvalue weighted by molar-refractivity contribution is -0.130. The summed E-state index contributed by atoms with van der Waals surface area (Å²) in [6, 6.07) is 9.61. The summed E-state index contributed by atoms with van der Waals surface area (Å²) in [5.41, 5.74) is 1.02. The van der Waals surface area contributed by atoms with Crippen molar-refractivity contribution in [1.82, 2.24) is 10.2 Å². The number of hydrogen-bond acceptors (Lipinski definition) is 3. The molecule has 1 saturated heterocycles. The van der Waals surface area contributed by atoms with Crippen LogP contribution in [0.15, 0.2) is 30.3 Å². The highest BCUT2D eigenvalue weighted by Gasteiger charge is 2.36. The molecule has 0 saturated carbocycles. The molecule has 2 rings (SSSR count). The molecule has 2 atom stereocenters. The van der Waals surface area contributed by atoms with Gasteiger partial charge >= 0.3 is 0 Å². The zero-order chi connectivity index (χ0) is 13.0. The maximum Gasteiger partial charge on any atom is 0.245 e. The molecule has 0 aromatic heterocycles. The van der Waals surface area contributed by atoms with Gasteiger partial charge in [0.2, 0.25) is 5.91 Å². The van der Waals surface area contributed by atoms with E-state index in [9.17, 15) is 4.79 Å². The molecule has 1 aliphatic rings. The van der Waals surface area contributed by atoms with E-state index in [1.165, 1.54) is 0 Å². The fraction of sp³-hybridized carbons (Fsp3) is 0.500. The average molecular weight is 248 g/mol. The summed E-state index contributed by atoms with van der Waals surface area (Å²) in [6.45, 7) is 5.89. The number of hydrogen-bond donors (Lipinski definition) is 1. The van der Waals surface area contributed by atoms with Crippen molar-refractivity contribution < 1.29 is 9.53 Å². The van der Waals surface area contributed by atoms with E-state index in [1.807, 2.05) is 49.1 Å². The van der Waals surface area contributed by atoms with Crippen LogP contribution in [0.2, 0.25) is 0 Å². The van der Waals surface area contributed by atoms with E-state index in [0.717, 1.165) is 5.56 Å². The van der Waals surface area contributed by atoms with Gasteiger partial charge in [0.1, 0.15) is 6.04 Å². The van der Waals surface area contributed by atoms with Gasteiger partial charge in [0, 0.05) is 13.2 Å². The van der Waals surface area contributed by atoms with Crippen LogP contribution in [0.5, 0.6) is 0 Å². The van der Waals surface area contributed by atoms with Crippen molar-refractivity contribution in [2.75, 3.05) is 19.8 Å². The summed E-state index contributed by atoms with van der Waals surface area (Å²) in [5.74, 6) is 0.133. The van der Waals surface area contributed by atoms with Gasteiger partial charge in [0.25, 0.3) is 0 Å². The second-order valence-electron chi connectivity index (χ2n) is 4.41. The van der Waals surface area contributed by atoms with Crippen molar-refractivity contribution in [3.05, 3.63) is 35.9 Å². The molecule has 1 aromatic rings. The molecule has 0 spiro atoms. The van der Waals surface area contributed by atoms with Crippen molar-refractivity contribution in [1.29, 1.82) is 0 Å². The Balaban J connectivity index is 2.02. The van der Waals surface area contributed by atoms with Crippen LogP contribution in [0, 0.1) is 0 Å². The van der Waals surface area contributed by atoms with Gasteiger partial charge in [-0.25, -0.2) is 0 Å². The lowest BCUT2D eigenvalue weighted by Crippen LogP contribution is -2.37. The molecular formula is C14H20N2O2.